The predicted molar refractivity (Wildman–Crippen MR) is 69.1 cm³/mol. The molecule has 94 valence electrons. The van der Waals surface area contributed by atoms with Crippen LogP contribution in [0, 0.1) is 12.7 Å². The van der Waals surface area contributed by atoms with E-state index in [9.17, 15) is 9.18 Å². The summed E-state index contributed by atoms with van der Waals surface area (Å²) in [4.78, 5) is 18.6. The van der Waals surface area contributed by atoms with Gasteiger partial charge in [0.25, 0.3) is 5.56 Å². The number of aromatic nitrogens is 2. The smallest absolute Gasteiger partial charge is 0.251 e. The number of H-pyrrole nitrogens is 1. The quantitative estimate of drug-likeness (QED) is 0.885. The Balaban J connectivity index is 2.56. The van der Waals surface area contributed by atoms with Gasteiger partial charge < -0.3 is 4.98 Å². The van der Waals surface area contributed by atoms with E-state index in [1.54, 1.807) is 19.1 Å². The number of halogens is 1. The minimum absolute atomic E-state index is 0.174. The van der Waals surface area contributed by atoms with Crippen LogP contribution in [0.1, 0.15) is 31.0 Å². The largest absolute Gasteiger partial charge is 0.307 e. The second-order valence-electron chi connectivity index (χ2n) is 4.64. The molecule has 0 spiro atoms. The highest BCUT2D eigenvalue weighted by Crippen LogP contribution is 2.19. The molecule has 0 bridgehead atoms. The fourth-order valence-electron chi connectivity index (χ4n) is 1.70. The Morgan fingerprint density at radius 2 is 2.00 bits per heavy atom. The molecule has 1 heterocycles. The molecule has 0 atom stereocenters. The van der Waals surface area contributed by atoms with Gasteiger partial charge in [0.15, 0.2) is 0 Å². The normalized spacial score (nSPS) is 10.9. The van der Waals surface area contributed by atoms with Gasteiger partial charge >= 0.3 is 0 Å². The monoisotopic (exact) mass is 246 g/mol. The predicted octanol–water partition coefficient (Wildman–Crippen LogP) is 3.01. The zero-order valence-corrected chi connectivity index (χ0v) is 10.6. The van der Waals surface area contributed by atoms with Crippen molar-refractivity contribution >= 4 is 0 Å². The van der Waals surface area contributed by atoms with Gasteiger partial charge in [-0.15, -0.1) is 0 Å². The second-order valence-corrected chi connectivity index (χ2v) is 4.64. The van der Waals surface area contributed by atoms with Crippen molar-refractivity contribution in [2.75, 3.05) is 0 Å². The molecular weight excluding hydrogens is 231 g/mol. The van der Waals surface area contributed by atoms with E-state index in [2.05, 4.69) is 9.97 Å². The van der Waals surface area contributed by atoms with Crippen LogP contribution in [-0.4, -0.2) is 9.97 Å². The van der Waals surface area contributed by atoms with Gasteiger partial charge in [-0.2, -0.15) is 0 Å². The third kappa shape index (κ3) is 2.47. The molecule has 0 amide bonds. The van der Waals surface area contributed by atoms with Gasteiger partial charge in [0.05, 0.1) is 5.69 Å². The highest BCUT2D eigenvalue weighted by atomic mass is 19.1. The maximum Gasteiger partial charge on any atom is 0.251 e. The molecule has 1 aromatic heterocycles. The van der Waals surface area contributed by atoms with Crippen molar-refractivity contribution in [1.29, 1.82) is 0 Å². The lowest BCUT2D eigenvalue weighted by atomic mass is 10.1. The first-order valence-corrected chi connectivity index (χ1v) is 5.85. The standard InChI is InChI=1S/C14H15FN2O/c1-8(2)12-7-13(18)17-14(16-12)10-4-5-11(15)9(3)6-10/h4-8H,1-3H3,(H,16,17,18). The Morgan fingerprint density at radius 1 is 1.28 bits per heavy atom. The van der Waals surface area contributed by atoms with E-state index in [1.807, 2.05) is 13.8 Å². The summed E-state index contributed by atoms with van der Waals surface area (Å²) >= 11 is 0. The number of aryl methyl sites for hydroxylation is 1. The van der Waals surface area contributed by atoms with Gasteiger partial charge in [0.2, 0.25) is 0 Å². The molecule has 18 heavy (non-hydrogen) atoms. The minimum atomic E-state index is -0.263. The lowest BCUT2D eigenvalue weighted by molar-refractivity contribution is 0.618. The van der Waals surface area contributed by atoms with E-state index >= 15 is 0 Å². The van der Waals surface area contributed by atoms with Gasteiger partial charge in [0.1, 0.15) is 11.6 Å². The molecule has 2 rings (SSSR count). The van der Waals surface area contributed by atoms with Crippen molar-refractivity contribution in [3.63, 3.8) is 0 Å². The zero-order chi connectivity index (χ0) is 13.3. The Labute approximate surface area is 105 Å². The Bertz CT molecular complexity index is 632. The first-order valence-electron chi connectivity index (χ1n) is 5.85. The summed E-state index contributed by atoms with van der Waals surface area (Å²) in [6.07, 6.45) is 0. The summed E-state index contributed by atoms with van der Waals surface area (Å²) in [7, 11) is 0. The van der Waals surface area contributed by atoms with Crippen molar-refractivity contribution in [3.8, 4) is 11.4 Å². The Morgan fingerprint density at radius 3 is 2.61 bits per heavy atom. The summed E-state index contributed by atoms with van der Waals surface area (Å²) in [6.45, 7) is 5.63. The number of benzene rings is 1. The average Bonchev–Trinajstić information content (AvgIpc) is 2.31. The molecule has 0 aliphatic rings. The molecular formula is C14H15FN2O. The number of nitrogens with zero attached hydrogens (tertiary/aromatic N) is 1. The molecule has 0 aliphatic heterocycles. The van der Waals surface area contributed by atoms with Crippen LogP contribution in [0.25, 0.3) is 11.4 Å². The second kappa shape index (κ2) is 4.72. The lowest BCUT2D eigenvalue weighted by Crippen LogP contribution is -2.11. The molecule has 0 saturated heterocycles. The summed E-state index contributed by atoms with van der Waals surface area (Å²) < 4.78 is 13.2. The van der Waals surface area contributed by atoms with Crippen LogP contribution < -0.4 is 5.56 Å². The summed E-state index contributed by atoms with van der Waals surface area (Å²) in [6, 6.07) is 6.17. The first-order chi connectivity index (χ1) is 8.47. The molecule has 1 N–H and O–H groups in total. The van der Waals surface area contributed by atoms with Crippen LogP contribution in [0.15, 0.2) is 29.1 Å². The molecule has 0 saturated carbocycles. The number of nitrogens with one attached hydrogen (secondary N) is 1. The Kier molecular flexibility index (Phi) is 3.28. The van der Waals surface area contributed by atoms with E-state index < -0.39 is 0 Å². The third-order valence-electron chi connectivity index (χ3n) is 2.78. The van der Waals surface area contributed by atoms with Gasteiger partial charge in [0, 0.05) is 11.6 Å². The number of aromatic amines is 1. The maximum absolute atomic E-state index is 13.2. The highest BCUT2D eigenvalue weighted by molar-refractivity contribution is 5.56. The fraction of sp³-hybridized carbons (Fsp3) is 0.286. The van der Waals surface area contributed by atoms with Crippen LogP contribution in [0.4, 0.5) is 4.39 Å². The van der Waals surface area contributed by atoms with Crippen LogP contribution >= 0.6 is 0 Å². The van der Waals surface area contributed by atoms with Crippen LogP contribution in [0.5, 0.6) is 0 Å². The van der Waals surface area contributed by atoms with Crippen molar-refractivity contribution in [2.45, 2.75) is 26.7 Å². The van der Waals surface area contributed by atoms with Crippen LogP contribution in [-0.2, 0) is 0 Å². The molecule has 2 aromatic rings. The fourth-order valence-corrected chi connectivity index (χ4v) is 1.70. The average molecular weight is 246 g/mol. The molecule has 3 nitrogen and oxygen atoms in total. The lowest BCUT2D eigenvalue weighted by Gasteiger charge is -2.07. The summed E-state index contributed by atoms with van der Waals surface area (Å²) in [5, 5.41) is 0. The minimum Gasteiger partial charge on any atom is -0.307 e. The van der Waals surface area contributed by atoms with E-state index in [4.69, 9.17) is 0 Å². The third-order valence-corrected chi connectivity index (χ3v) is 2.78. The number of hydrogen-bond acceptors (Lipinski definition) is 2. The molecule has 1 aromatic carbocycles. The van der Waals surface area contributed by atoms with E-state index in [0.717, 1.165) is 5.69 Å². The van der Waals surface area contributed by atoms with Gasteiger partial charge in [-0.25, -0.2) is 9.37 Å². The molecule has 4 heteroatoms. The summed E-state index contributed by atoms with van der Waals surface area (Å²) in [5.41, 5.74) is 1.79. The zero-order valence-electron chi connectivity index (χ0n) is 10.6. The molecule has 0 radical (unpaired) electrons. The van der Waals surface area contributed by atoms with Crippen LogP contribution in [0.3, 0.4) is 0 Å². The van der Waals surface area contributed by atoms with E-state index in [-0.39, 0.29) is 17.3 Å². The van der Waals surface area contributed by atoms with Crippen molar-refractivity contribution in [3.05, 3.63) is 51.7 Å². The number of hydrogen-bond donors (Lipinski definition) is 1. The van der Waals surface area contributed by atoms with Crippen LogP contribution in [0.2, 0.25) is 0 Å². The van der Waals surface area contributed by atoms with Gasteiger partial charge in [-0.05, 0) is 36.6 Å². The highest BCUT2D eigenvalue weighted by Gasteiger charge is 2.08. The van der Waals surface area contributed by atoms with Gasteiger partial charge in [-0.3, -0.25) is 4.79 Å². The van der Waals surface area contributed by atoms with Crippen molar-refractivity contribution < 1.29 is 4.39 Å². The first kappa shape index (κ1) is 12.5. The van der Waals surface area contributed by atoms with Crippen molar-refractivity contribution in [2.24, 2.45) is 0 Å². The number of rotatable bonds is 2. The SMILES string of the molecule is Cc1cc(-c2nc(C(C)C)cc(=O)[nH]2)ccc1F. The van der Waals surface area contributed by atoms with Crippen molar-refractivity contribution in [1.82, 2.24) is 9.97 Å². The molecule has 0 aliphatic carbocycles. The molecule has 0 unspecified atom stereocenters. The topological polar surface area (TPSA) is 45.8 Å². The van der Waals surface area contributed by atoms with E-state index in [0.29, 0.717) is 17.0 Å². The Hall–Kier alpha value is -1.97. The van der Waals surface area contributed by atoms with Gasteiger partial charge in [-0.1, -0.05) is 13.8 Å². The maximum atomic E-state index is 13.2. The summed E-state index contributed by atoms with van der Waals surface area (Å²) in [5.74, 6) is 0.392. The molecule has 0 fully saturated rings. The van der Waals surface area contributed by atoms with E-state index in [1.165, 1.54) is 12.1 Å².